The summed E-state index contributed by atoms with van der Waals surface area (Å²) in [5.41, 5.74) is 1.22. The van der Waals surface area contributed by atoms with Crippen LogP contribution in [0.2, 0.25) is 0 Å². The first-order valence-corrected chi connectivity index (χ1v) is 6.81. The summed E-state index contributed by atoms with van der Waals surface area (Å²) in [6.45, 7) is 7.03. The van der Waals surface area contributed by atoms with Gasteiger partial charge in [0.05, 0.1) is 6.33 Å². The molecule has 4 nitrogen and oxygen atoms in total. The maximum absolute atomic E-state index is 4.03. The van der Waals surface area contributed by atoms with Crippen molar-refractivity contribution >= 4 is 0 Å². The standard InChI is InChI=1S/C13H24N4/c1-2-17-8-3-4-12(6-9-17)15-7-5-13-10-14-11-16-13/h10-12,15H,2-9H2,1H3,(H,14,16). The second kappa shape index (κ2) is 6.77. The van der Waals surface area contributed by atoms with Gasteiger partial charge in [0.1, 0.15) is 0 Å². The van der Waals surface area contributed by atoms with E-state index in [-0.39, 0.29) is 0 Å². The maximum Gasteiger partial charge on any atom is 0.0921 e. The summed E-state index contributed by atoms with van der Waals surface area (Å²) in [5.74, 6) is 0. The van der Waals surface area contributed by atoms with Crippen LogP contribution in [-0.4, -0.2) is 47.1 Å². The number of H-pyrrole nitrogens is 1. The fourth-order valence-corrected chi connectivity index (χ4v) is 2.51. The third-order valence-electron chi connectivity index (χ3n) is 3.65. The molecule has 1 fully saturated rings. The highest BCUT2D eigenvalue weighted by molar-refractivity contribution is 4.94. The zero-order chi connectivity index (χ0) is 11.9. The van der Waals surface area contributed by atoms with E-state index in [0.717, 1.165) is 13.0 Å². The zero-order valence-electron chi connectivity index (χ0n) is 10.8. The van der Waals surface area contributed by atoms with Crippen molar-refractivity contribution in [3.8, 4) is 0 Å². The Bertz CT molecular complexity index is 296. The lowest BCUT2D eigenvalue weighted by atomic mass is 10.1. The number of nitrogens with one attached hydrogen (secondary N) is 2. The molecule has 1 unspecified atom stereocenters. The third-order valence-corrected chi connectivity index (χ3v) is 3.65. The van der Waals surface area contributed by atoms with Crippen LogP contribution in [0.15, 0.2) is 12.5 Å². The largest absolute Gasteiger partial charge is 0.348 e. The molecule has 1 aromatic rings. The summed E-state index contributed by atoms with van der Waals surface area (Å²) in [4.78, 5) is 9.73. The molecule has 0 bridgehead atoms. The number of nitrogens with zero attached hydrogens (tertiary/aromatic N) is 2. The van der Waals surface area contributed by atoms with Crippen LogP contribution >= 0.6 is 0 Å². The molecule has 0 saturated carbocycles. The van der Waals surface area contributed by atoms with E-state index in [2.05, 4.69) is 27.1 Å². The molecule has 2 N–H and O–H groups in total. The van der Waals surface area contributed by atoms with E-state index in [1.54, 1.807) is 6.33 Å². The molecule has 1 aliphatic heterocycles. The number of likely N-dealkylation sites (tertiary alicyclic amines) is 1. The molecular weight excluding hydrogens is 212 g/mol. The fraction of sp³-hybridized carbons (Fsp3) is 0.769. The summed E-state index contributed by atoms with van der Waals surface area (Å²) in [5, 5.41) is 3.67. The minimum atomic E-state index is 0.703. The van der Waals surface area contributed by atoms with Crippen LogP contribution in [-0.2, 0) is 6.42 Å². The molecular formula is C13H24N4. The lowest BCUT2D eigenvalue weighted by Gasteiger charge is -2.18. The third kappa shape index (κ3) is 4.13. The average Bonchev–Trinajstić information content (AvgIpc) is 2.75. The first kappa shape index (κ1) is 12.6. The topological polar surface area (TPSA) is 44.0 Å². The van der Waals surface area contributed by atoms with Gasteiger partial charge in [-0.25, -0.2) is 4.98 Å². The SMILES string of the molecule is CCN1CCCC(NCCc2cnc[nH]2)CC1. The molecule has 0 aromatic carbocycles. The predicted molar refractivity (Wildman–Crippen MR) is 70.0 cm³/mol. The van der Waals surface area contributed by atoms with Gasteiger partial charge < -0.3 is 15.2 Å². The predicted octanol–water partition coefficient (Wildman–Crippen LogP) is 1.42. The molecule has 1 aromatic heterocycles. The summed E-state index contributed by atoms with van der Waals surface area (Å²) < 4.78 is 0. The van der Waals surface area contributed by atoms with E-state index >= 15 is 0 Å². The van der Waals surface area contributed by atoms with Crippen LogP contribution in [0.1, 0.15) is 31.9 Å². The second-order valence-corrected chi connectivity index (χ2v) is 4.84. The zero-order valence-corrected chi connectivity index (χ0v) is 10.8. The number of rotatable bonds is 5. The summed E-state index contributed by atoms with van der Waals surface area (Å²) >= 11 is 0. The van der Waals surface area contributed by atoms with Crippen molar-refractivity contribution in [2.75, 3.05) is 26.2 Å². The van der Waals surface area contributed by atoms with Crippen LogP contribution < -0.4 is 5.32 Å². The number of imidazole rings is 1. The van der Waals surface area contributed by atoms with Gasteiger partial charge in [-0.1, -0.05) is 6.92 Å². The van der Waals surface area contributed by atoms with Gasteiger partial charge in [-0.15, -0.1) is 0 Å². The minimum absolute atomic E-state index is 0.703. The van der Waals surface area contributed by atoms with Gasteiger partial charge in [0.2, 0.25) is 0 Å². The summed E-state index contributed by atoms with van der Waals surface area (Å²) in [6.07, 6.45) is 8.65. The lowest BCUT2D eigenvalue weighted by molar-refractivity contribution is 0.297. The molecule has 1 saturated heterocycles. The Balaban J connectivity index is 1.65. The first-order chi connectivity index (χ1) is 8.38. The van der Waals surface area contributed by atoms with Crippen molar-refractivity contribution in [2.24, 2.45) is 0 Å². The highest BCUT2D eigenvalue weighted by Crippen LogP contribution is 2.10. The Kier molecular flexibility index (Phi) is 5.01. The van der Waals surface area contributed by atoms with Crippen molar-refractivity contribution in [1.29, 1.82) is 0 Å². The normalized spacial score (nSPS) is 22.5. The van der Waals surface area contributed by atoms with E-state index in [4.69, 9.17) is 0 Å². The molecule has 2 rings (SSSR count). The van der Waals surface area contributed by atoms with Gasteiger partial charge in [0.25, 0.3) is 0 Å². The molecule has 1 atom stereocenters. The highest BCUT2D eigenvalue weighted by Gasteiger charge is 2.14. The van der Waals surface area contributed by atoms with E-state index in [1.807, 2.05) is 6.20 Å². The lowest BCUT2D eigenvalue weighted by Crippen LogP contribution is -2.32. The van der Waals surface area contributed by atoms with E-state index in [1.165, 1.54) is 44.6 Å². The van der Waals surface area contributed by atoms with Gasteiger partial charge >= 0.3 is 0 Å². The van der Waals surface area contributed by atoms with Crippen molar-refractivity contribution in [3.05, 3.63) is 18.2 Å². The smallest absolute Gasteiger partial charge is 0.0921 e. The van der Waals surface area contributed by atoms with Crippen LogP contribution in [0.4, 0.5) is 0 Å². The van der Waals surface area contributed by atoms with Crippen LogP contribution in [0.3, 0.4) is 0 Å². The second-order valence-electron chi connectivity index (χ2n) is 4.84. The van der Waals surface area contributed by atoms with E-state index in [9.17, 15) is 0 Å². The van der Waals surface area contributed by atoms with Gasteiger partial charge in [0.15, 0.2) is 0 Å². The Morgan fingerprint density at radius 3 is 3.18 bits per heavy atom. The van der Waals surface area contributed by atoms with Crippen LogP contribution in [0.5, 0.6) is 0 Å². The molecule has 2 heterocycles. The van der Waals surface area contributed by atoms with Gasteiger partial charge in [-0.2, -0.15) is 0 Å². The minimum Gasteiger partial charge on any atom is -0.348 e. The van der Waals surface area contributed by atoms with E-state index < -0.39 is 0 Å². The van der Waals surface area contributed by atoms with Gasteiger partial charge in [-0.05, 0) is 38.9 Å². The maximum atomic E-state index is 4.03. The number of aromatic amines is 1. The van der Waals surface area contributed by atoms with Crippen molar-refractivity contribution in [2.45, 2.75) is 38.6 Å². The molecule has 0 radical (unpaired) electrons. The van der Waals surface area contributed by atoms with Gasteiger partial charge in [-0.3, -0.25) is 0 Å². The molecule has 96 valence electrons. The Labute approximate surface area is 104 Å². The fourth-order valence-electron chi connectivity index (χ4n) is 2.51. The molecule has 4 heteroatoms. The van der Waals surface area contributed by atoms with Crippen molar-refractivity contribution in [1.82, 2.24) is 20.2 Å². The summed E-state index contributed by atoms with van der Waals surface area (Å²) in [6, 6.07) is 0.703. The van der Waals surface area contributed by atoms with Crippen molar-refractivity contribution < 1.29 is 0 Å². The van der Waals surface area contributed by atoms with Gasteiger partial charge in [0, 0.05) is 30.9 Å². The molecule has 0 spiro atoms. The summed E-state index contributed by atoms with van der Waals surface area (Å²) in [7, 11) is 0. The Hall–Kier alpha value is -0.870. The molecule has 0 amide bonds. The monoisotopic (exact) mass is 236 g/mol. The molecule has 17 heavy (non-hydrogen) atoms. The molecule has 1 aliphatic rings. The Morgan fingerprint density at radius 1 is 1.47 bits per heavy atom. The first-order valence-electron chi connectivity index (χ1n) is 6.81. The van der Waals surface area contributed by atoms with Crippen molar-refractivity contribution in [3.63, 3.8) is 0 Å². The van der Waals surface area contributed by atoms with E-state index in [0.29, 0.717) is 6.04 Å². The quantitative estimate of drug-likeness (QED) is 0.812. The number of hydrogen-bond donors (Lipinski definition) is 2. The van der Waals surface area contributed by atoms with Crippen LogP contribution in [0, 0.1) is 0 Å². The molecule has 0 aliphatic carbocycles. The highest BCUT2D eigenvalue weighted by atomic mass is 15.1. The Morgan fingerprint density at radius 2 is 2.41 bits per heavy atom. The number of aromatic nitrogens is 2. The number of hydrogen-bond acceptors (Lipinski definition) is 3. The van der Waals surface area contributed by atoms with Crippen LogP contribution in [0.25, 0.3) is 0 Å². The average molecular weight is 236 g/mol.